The summed E-state index contributed by atoms with van der Waals surface area (Å²) in [7, 11) is 1.76. The Balaban J connectivity index is 2.26. The Kier molecular flexibility index (Phi) is 3.19. The first-order valence-corrected chi connectivity index (χ1v) is 5.78. The van der Waals surface area contributed by atoms with E-state index < -0.39 is 5.97 Å². The molecule has 2 rings (SSSR count). The van der Waals surface area contributed by atoms with Gasteiger partial charge in [-0.2, -0.15) is 0 Å². The lowest BCUT2D eigenvalue weighted by molar-refractivity contribution is -0.132. The summed E-state index contributed by atoms with van der Waals surface area (Å²) in [5.74, 6) is -0.856. The van der Waals surface area contributed by atoms with Crippen molar-refractivity contribution < 1.29 is 14.7 Å². The summed E-state index contributed by atoms with van der Waals surface area (Å²) in [6.45, 7) is 3.52. The summed E-state index contributed by atoms with van der Waals surface area (Å²) in [6.07, 6.45) is 1.55. The van der Waals surface area contributed by atoms with E-state index in [4.69, 9.17) is 5.11 Å². The van der Waals surface area contributed by atoms with E-state index in [2.05, 4.69) is 6.58 Å². The Morgan fingerprint density at radius 1 is 1.44 bits per heavy atom. The molecule has 1 aromatic rings. The number of aliphatic carboxylic acids is 1. The molecule has 1 aliphatic rings. The second-order valence-electron chi connectivity index (χ2n) is 4.50. The van der Waals surface area contributed by atoms with Crippen LogP contribution in [0, 0.1) is 0 Å². The molecule has 18 heavy (non-hydrogen) atoms. The molecule has 1 amide bonds. The second-order valence-corrected chi connectivity index (χ2v) is 4.50. The molecular weight excluding hydrogens is 230 g/mol. The minimum absolute atomic E-state index is 0.116. The number of anilines is 1. The van der Waals surface area contributed by atoms with Crippen LogP contribution >= 0.6 is 0 Å². The molecule has 94 valence electrons. The maximum Gasteiger partial charge on any atom is 0.331 e. The summed E-state index contributed by atoms with van der Waals surface area (Å²) in [4.78, 5) is 23.9. The zero-order chi connectivity index (χ0) is 13.3. The Morgan fingerprint density at radius 2 is 2.17 bits per heavy atom. The molecular formula is C14H15NO3. The number of rotatable bonds is 3. The van der Waals surface area contributed by atoms with Gasteiger partial charge in [0.05, 0.1) is 0 Å². The average molecular weight is 245 g/mol. The van der Waals surface area contributed by atoms with Crippen LogP contribution in [0.15, 0.2) is 30.4 Å². The third-order valence-electron chi connectivity index (χ3n) is 3.21. The Hall–Kier alpha value is -2.10. The van der Waals surface area contributed by atoms with Gasteiger partial charge in [0.25, 0.3) is 0 Å². The van der Waals surface area contributed by atoms with Crippen molar-refractivity contribution in [2.45, 2.75) is 19.3 Å². The van der Waals surface area contributed by atoms with Gasteiger partial charge in [-0.3, -0.25) is 4.79 Å². The number of carbonyl (C=O) groups excluding carboxylic acids is 1. The minimum atomic E-state index is -0.972. The molecule has 1 N–H and O–H groups in total. The molecule has 1 aromatic carbocycles. The predicted molar refractivity (Wildman–Crippen MR) is 68.7 cm³/mol. The highest BCUT2D eigenvalue weighted by Crippen LogP contribution is 2.28. The highest BCUT2D eigenvalue weighted by Gasteiger charge is 2.20. The maximum atomic E-state index is 11.5. The zero-order valence-electron chi connectivity index (χ0n) is 10.3. The van der Waals surface area contributed by atoms with E-state index in [-0.39, 0.29) is 11.5 Å². The fourth-order valence-electron chi connectivity index (χ4n) is 2.14. The normalized spacial score (nSPS) is 14.3. The van der Waals surface area contributed by atoms with Gasteiger partial charge >= 0.3 is 5.97 Å². The standard InChI is InChI=1S/C14H15NO3/c1-9(14(17)18)7-10-3-5-12-11(8-10)4-6-13(16)15(12)2/h3,5,8H,1,4,6-7H2,2H3,(H,17,18). The molecule has 0 fully saturated rings. The number of carbonyl (C=O) groups is 2. The first-order valence-electron chi connectivity index (χ1n) is 5.78. The summed E-state index contributed by atoms with van der Waals surface area (Å²) in [5, 5.41) is 8.81. The van der Waals surface area contributed by atoms with Crippen molar-refractivity contribution in [3.63, 3.8) is 0 Å². The van der Waals surface area contributed by atoms with E-state index in [1.807, 2.05) is 18.2 Å². The fraction of sp³-hybridized carbons (Fsp3) is 0.286. The molecule has 0 atom stereocenters. The van der Waals surface area contributed by atoms with Gasteiger partial charge in [0, 0.05) is 31.1 Å². The van der Waals surface area contributed by atoms with Crippen LogP contribution in [-0.4, -0.2) is 24.0 Å². The number of nitrogens with zero attached hydrogens (tertiary/aromatic N) is 1. The van der Waals surface area contributed by atoms with Crippen molar-refractivity contribution in [2.75, 3.05) is 11.9 Å². The molecule has 0 unspecified atom stereocenters. The largest absolute Gasteiger partial charge is 0.478 e. The molecule has 0 radical (unpaired) electrons. The average Bonchev–Trinajstić information content (AvgIpc) is 2.34. The molecule has 4 heteroatoms. The lowest BCUT2D eigenvalue weighted by atomic mass is 9.96. The van der Waals surface area contributed by atoms with E-state index in [0.717, 1.165) is 16.8 Å². The molecule has 0 aliphatic carbocycles. The van der Waals surface area contributed by atoms with Gasteiger partial charge in [-0.05, 0) is 23.6 Å². The van der Waals surface area contributed by atoms with Crippen LogP contribution in [0.3, 0.4) is 0 Å². The summed E-state index contributed by atoms with van der Waals surface area (Å²) < 4.78 is 0. The number of fused-ring (bicyclic) bond motifs is 1. The number of benzene rings is 1. The fourth-order valence-corrected chi connectivity index (χ4v) is 2.14. The smallest absolute Gasteiger partial charge is 0.331 e. The van der Waals surface area contributed by atoms with Crippen LogP contribution in [0.25, 0.3) is 0 Å². The quantitative estimate of drug-likeness (QED) is 0.826. The topological polar surface area (TPSA) is 57.6 Å². The van der Waals surface area contributed by atoms with Crippen LogP contribution in [-0.2, 0) is 22.4 Å². The highest BCUT2D eigenvalue weighted by atomic mass is 16.4. The van der Waals surface area contributed by atoms with Gasteiger partial charge in [-0.15, -0.1) is 0 Å². The van der Waals surface area contributed by atoms with Crippen molar-refractivity contribution in [2.24, 2.45) is 0 Å². The molecule has 0 saturated heterocycles. The summed E-state index contributed by atoms with van der Waals surface area (Å²) >= 11 is 0. The number of carboxylic acid groups (broad SMARTS) is 1. The number of hydrogen-bond donors (Lipinski definition) is 1. The second kappa shape index (κ2) is 4.64. The van der Waals surface area contributed by atoms with Crippen molar-refractivity contribution >= 4 is 17.6 Å². The first-order chi connectivity index (χ1) is 8.49. The minimum Gasteiger partial charge on any atom is -0.478 e. The van der Waals surface area contributed by atoms with Crippen LogP contribution in [0.1, 0.15) is 17.5 Å². The summed E-state index contributed by atoms with van der Waals surface area (Å²) in [5.41, 5.74) is 3.10. The van der Waals surface area contributed by atoms with Crippen molar-refractivity contribution in [1.29, 1.82) is 0 Å². The molecule has 4 nitrogen and oxygen atoms in total. The first kappa shape index (κ1) is 12.4. The molecule has 0 saturated carbocycles. The Labute approximate surface area is 106 Å². The van der Waals surface area contributed by atoms with Crippen LogP contribution in [0.4, 0.5) is 5.69 Å². The van der Waals surface area contributed by atoms with Crippen molar-refractivity contribution in [3.8, 4) is 0 Å². The molecule has 0 spiro atoms. The lowest BCUT2D eigenvalue weighted by Gasteiger charge is -2.26. The van der Waals surface area contributed by atoms with Crippen LogP contribution in [0.2, 0.25) is 0 Å². The summed E-state index contributed by atoms with van der Waals surface area (Å²) in [6, 6.07) is 5.69. The number of carboxylic acids is 1. The highest BCUT2D eigenvalue weighted by molar-refractivity contribution is 5.96. The number of hydrogen-bond acceptors (Lipinski definition) is 2. The third kappa shape index (κ3) is 2.27. The molecule has 1 aliphatic heterocycles. The predicted octanol–water partition coefficient (Wildman–Crippen LogP) is 1.78. The van der Waals surface area contributed by atoms with Crippen LogP contribution < -0.4 is 4.90 Å². The van der Waals surface area contributed by atoms with E-state index in [1.165, 1.54) is 0 Å². The van der Waals surface area contributed by atoms with E-state index >= 15 is 0 Å². The van der Waals surface area contributed by atoms with E-state index in [9.17, 15) is 9.59 Å². The third-order valence-corrected chi connectivity index (χ3v) is 3.21. The molecule has 1 heterocycles. The van der Waals surface area contributed by atoms with Crippen molar-refractivity contribution in [1.82, 2.24) is 0 Å². The van der Waals surface area contributed by atoms with Gasteiger partial charge in [-0.25, -0.2) is 4.79 Å². The van der Waals surface area contributed by atoms with E-state index in [1.54, 1.807) is 11.9 Å². The van der Waals surface area contributed by atoms with Gasteiger partial charge in [-0.1, -0.05) is 18.7 Å². The molecule has 0 bridgehead atoms. The molecule has 0 aromatic heterocycles. The monoisotopic (exact) mass is 245 g/mol. The van der Waals surface area contributed by atoms with Gasteiger partial charge in [0.15, 0.2) is 0 Å². The number of amides is 1. The lowest BCUT2D eigenvalue weighted by Crippen LogP contribution is -2.31. The van der Waals surface area contributed by atoms with Crippen LogP contribution in [0.5, 0.6) is 0 Å². The van der Waals surface area contributed by atoms with E-state index in [0.29, 0.717) is 19.3 Å². The zero-order valence-corrected chi connectivity index (χ0v) is 10.3. The Morgan fingerprint density at radius 3 is 2.83 bits per heavy atom. The van der Waals surface area contributed by atoms with Gasteiger partial charge < -0.3 is 10.0 Å². The number of aryl methyl sites for hydroxylation is 1. The SMILES string of the molecule is C=C(Cc1ccc2c(c1)CCC(=O)N2C)C(=O)O. The Bertz CT molecular complexity index is 534. The van der Waals surface area contributed by atoms with Crippen molar-refractivity contribution in [3.05, 3.63) is 41.5 Å². The maximum absolute atomic E-state index is 11.5. The van der Waals surface area contributed by atoms with Gasteiger partial charge in [0.1, 0.15) is 0 Å². The van der Waals surface area contributed by atoms with Gasteiger partial charge in [0.2, 0.25) is 5.91 Å².